The van der Waals surface area contributed by atoms with Gasteiger partial charge in [-0.15, -0.1) is 0 Å². The van der Waals surface area contributed by atoms with E-state index < -0.39 is 6.10 Å². The Morgan fingerprint density at radius 1 is 1.32 bits per heavy atom. The number of benzene rings is 1. The van der Waals surface area contributed by atoms with Crippen LogP contribution in [0.4, 0.5) is 0 Å². The fourth-order valence-corrected chi connectivity index (χ4v) is 3.34. The summed E-state index contributed by atoms with van der Waals surface area (Å²) in [6.45, 7) is 4.49. The molecular weight excluding hydrogens is 320 g/mol. The number of aliphatic hydroxyl groups is 1. The topological polar surface area (TPSA) is 81.4 Å². The summed E-state index contributed by atoms with van der Waals surface area (Å²) < 4.78 is 13.1. The highest BCUT2D eigenvalue weighted by molar-refractivity contribution is 5.44. The molecule has 2 aromatic rings. The second-order valence-corrected chi connectivity index (χ2v) is 6.54. The van der Waals surface area contributed by atoms with E-state index in [4.69, 9.17) is 9.47 Å². The van der Waals surface area contributed by atoms with E-state index in [1.807, 2.05) is 22.9 Å². The number of hydrogen-bond acceptors (Lipinski definition) is 6. The van der Waals surface area contributed by atoms with Gasteiger partial charge in [0, 0.05) is 25.4 Å². The number of nitrogens with one attached hydrogen (secondary N) is 1. The van der Waals surface area contributed by atoms with E-state index in [-0.39, 0.29) is 0 Å². The van der Waals surface area contributed by atoms with Crippen molar-refractivity contribution in [1.82, 2.24) is 20.1 Å². The molecule has 2 N–H and O–H groups in total. The van der Waals surface area contributed by atoms with E-state index in [9.17, 15) is 5.11 Å². The van der Waals surface area contributed by atoms with Crippen LogP contribution in [0.1, 0.15) is 36.7 Å². The van der Waals surface area contributed by atoms with Gasteiger partial charge < -0.3 is 19.9 Å². The van der Waals surface area contributed by atoms with Gasteiger partial charge in [-0.1, -0.05) is 13.0 Å². The second kappa shape index (κ2) is 7.01. The SMILES string of the molecule is CCc1nc2n(n1)C[C@@H](NC[C@H](O)c1ccc3c(c1)OCCO3)CC2. The van der Waals surface area contributed by atoms with Crippen molar-refractivity contribution < 1.29 is 14.6 Å². The van der Waals surface area contributed by atoms with Gasteiger partial charge in [-0.25, -0.2) is 9.67 Å². The van der Waals surface area contributed by atoms with Crippen molar-refractivity contribution in [3.8, 4) is 11.5 Å². The van der Waals surface area contributed by atoms with Crippen LogP contribution in [0.3, 0.4) is 0 Å². The number of rotatable bonds is 5. The van der Waals surface area contributed by atoms with Crippen LogP contribution in [0.2, 0.25) is 0 Å². The maximum atomic E-state index is 10.5. The zero-order chi connectivity index (χ0) is 17.2. The molecule has 7 heteroatoms. The van der Waals surface area contributed by atoms with Crippen LogP contribution < -0.4 is 14.8 Å². The summed E-state index contributed by atoms with van der Waals surface area (Å²) in [5.74, 6) is 3.43. The summed E-state index contributed by atoms with van der Waals surface area (Å²) in [6, 6.07) is 5.92. The maximum absolute atomic E-state index is 10.5. The van der Waals surface area contributed by atoms with Crippen molar-refractivity contribution in [3.63, 3.8) is 0 Å². The first-order chi connectivity index (χ1) is 12.2. The molecule has 0 saturated carbocycles. The van der Waals surface area contributed by atoms with E-state index in [2.05, 4.69) is 22.3 Å². The van der Waals surface area contributed by atoms with Crippen LogP contribution in [0.5, 0.6) is 11.5 Å². The predicted molar refractivity (Wildman–Crippen MR) is 91.9 cm³/mol. The summed E-state index contributed by atoms with van der Waals surface area (Å²) >= 11 is 0. The molecule has 4 rings (SSSR count). The van der Waals surface area contributed by atoms with Gasteiger partial charge in [0.05, 0.1) is 12.6 Å². The average molecular weight is 344 g/mol. The van der Waals surface area contributed by atoms with Crippen molar-refractivity contribution in [2.24, 2.45) is 0 Å². The van der Waals surface area contributed by atoms with Crippen LogP contribution in [0, 0.1) is 0 Å². The monoisotopic (exact) mass is 344 g/mol. The van der Waals surface area contributed by atoms with Crippen molar-refractivity contribution in [1.29, 1.82) is 0 Å². The molecule has 2 atom stereocenters. The van der Waals surface area contributed by atoms with E-state index in [0.29, 0.717) is 31.5 Å². The second-order valence-electron chi connectivity index (χ2n) is 6.54. The molecule has 7 nitrogen and oxygen atoms in total. The lowest BCUT2D eigenvalue weighted by Crippen LogP contribution is -2.39. The highest BCUT2D eigenvalue weighted by Gasteiger charge is 2.22. The Bertz CT molecular complexity index is 746. The average Bonchev–Trinajstić information content (AvgIpc) is 3.08. The predicted octanol–water partition coefficient (Wildman–Crippen LogP) is 1.25. The molecule has 0 bridgehead atoms. The molecule has 0 fully saturated rings. The van der Waals surface area contributed by atoms with Gasteiger partial charge in [-0.2, -0.15) is 5.10 Å². The van der Waals surface area contributed by atoms with Gasteiger partial charge in [-0.05, 0) is 24.1 Å². The Morgan fingerprint density at radius 2 is 2.16 bits per heavy atom. The fourth-order valence-electron chi connectivity index (χ4n) is 3.34. The Hall–Kier alpha value is -2.12. The smallest absolute Gasteiger partial charge is 0.161 e. The molecule has 1 aromatic carbocycles. The van der Waals surface area contributed by atoms with Crippen LogP contribution in [0.15, 0.2) is 18.2 Å². The first-order valence-electron chi connectivity index (χ1n) is 8.96. The minimum Gasteiger partial charge on any atom is -0.486 e. The fraction of sp³-hybridized carbons (Fsp3) is 0.556. The molecule has 0 saturated heterocycles. The molecule has 0 amide bonds. The van der Waals surface area contributed by atoms with Gasteiger partial charge in [0.2, 0.25) is 0 Å². The molecule has 1 aromatic heterocycles. The molecule has 3 heterocycles. The van der Waals surface area contributed by atoms with Crippen LogP contribution in [-0.2, 0) is 19.4 Å². The lowest BCUT2D eigenvalue weighted by Gasteiger charge is -2.25. The minimum atomic E-state index is -0.584. The van der Waals surface area contributed by atoms with Gasteiger partial charge in [0.1, 0.15) is 19.0 Å². The van der Waals surface area contributed by atoms with Gasteiger partial charge in [0.15, 0.2) is 17.3 Å². The van der Waals surface area contributed by atoms with Gasteiger partial charge in [-0.3, -0.25) is 0 Å². The largest absolute Gasteiger partial charge is 0.486 e. The van der Waals surface area contributed by atoms with Crippen molar-refractivity contribution in [2.75, 3.05) is 19.8 Å². The summed E-state index contributed by atoms with van der Waals surface area (Å²) in [5.41, 5.74) is 0.835. The van der Waals surface area contributed by atoms with Crippen molar-refractivity contribution >= 4 is 0 Å². The van der Waals surface area contributed by atoms with Gasteiger partial charge in [0.25, 0.3) is 0 Å². The van der Waals surface area contributed by atoms with Crippen molar-refractivity contribution in [2.45, 2.75) is 44.9 Å². The molecule has 2 aliphatic heterocycles. The number of aromatic nitrogens is 3. The summed E-state index contributed by atoms with van der Waals surface area (Å²) in [5, 5.41) is 18.5. The number of aryl methyl sites for hydroxylation is 2. The Labute approximate surface area is 147 Å². The zero-order valence-electron chi connectivity index (χ0n) is 14.4. The van der Waals surface area contributed by atoms with Crippen LogP contribution >= 0.6 is 0 Å². The van der Waals surface area contributed by atoms with E-state index >= 15 is 0 Å². The first kappa shape index (κ1) is 16.4. The molecule has 0 spiro atoms. The third-order valence-electron chi connectivity index (χ3n) is 4.77. The van der Waals surface area contributed by atoms with E-state index in [1.165, 1.54) is 0 Å². The summed E-state index contributed by atoms with van der Waals surface area (Å²) in [7, 11) is 0. The Kier molecular flexibility index (Phi) is 4.59. The molecular formula is C18H24N4O3. The van der Waals surface area contributed by atoms with Crippen LogP contribution in [-0.4, -0.2) is 45.7 Å². The van der Waals surface area contributed by atoms with Crippen LogP contribution in [0.25, 0.3) is 0 Å². The van der Waals surface area contributed by atoms with E-state index in [0.717, 1.165) is 48.8 Å². The quantitative estimate of drug-likeness (QED) is 0.850. The lowest BCUT2D eigenvalue weighted by atomic mass is 10.1. The zero-order valence-corrected chi connectivity index (χ0v) is 14.4. The molecule has 0 aliphatic carbocycles. The Balaban J connectivity index is 1.35. The molecule has 0 unspecified atom stereocenters. The number of ether oxygens (including phenoxy) is 2. The Morgan fingerprint density at radius 3 is 3.00 bits per heavy atom. The molecule has 25 heavy (non-hydrogen) atoms. The maximum Gasteiger partial charge on any atom is 0.161 e. The highest BCUT2D eigenvalue weighted by Crippen LogP contribution is 2.32. The lowest BCUT2D eigenvalue weighted by molar-refractivity contribution is 0.158. The summed E-state index contributed by atoms with van der Waals surface area (Å²) in [4.78, 5) is 4.54. The van der Waals surface area contributed by atoms with E-state index in [1.54, 1.807) is 0 Å². The normalized spacial score (nSPS) is 20.2. The number of fused-ring (bicyclic) bond motifs is 2. The number of aliphatic hydroxyl groups excluding tert-OH is 1. The number of hydrogen-bond donors (Lipinski definition) is 2. The molecule has 0 radical (unpaired) electrons. The van der Waals surface area contributed by atoms with Gasteiger partial charge >= 0.3 is 0 Å². The first-order valence-corrected chi connectivity index (χ1v) is 8.96. The third-order valence-corrected chi connectivity index (χ3v) is 4.77. The number of nitrogens with zero attached hydrogens (tertiary/aromatic N) is 3. The summed E-state index contributed by atoms with van der Waals surface area (Å²) in [6.07, 6.45) is 2.21. The third kappa shape index (κ3) is 3.48. The van der Waals surface area contributed by atoms with Crippen molar-refractivity contribution in [3.05, 3.63) is 35.4 Å². The highest BCUT2D eigenvalue weighted by atomic mass is 16.6. The standard InChI is InChI=1S/C18H24N4O3/c1-2-17-20-18-6-4-13(11-22(18)21-17)19-10-14(23)12-3-5-15-16(9-12)25-8-7-24-15/h3,5,9,13-14,19,23H,2,4,6-8,10-11H2,1H3/t13-,14-/m0/s1. The molecule has 2 aliphatic rings. The molecule has 134 valence electrons. The minimum absolute atomic E-state index is 0.297.